The van der Waals surface area contributed by atoms with Crippen molar-refractivity contribution in [1.29, 1.82) is 0 Å². The molecule has 3 rings (SSSR count). The molecular weight excluding hydrogens is 300 g/mol. The van der Waals surface area contributed by atoms with Crippen LogP contribution in [0.5, 0.6) is 0 Å². The summed E-state index contributed by atoms with van der Waals surface area (Å²) in [6.45, 7) is 0. The van der Waals surface area contributed by atoms with Crippen LogP contribution in [0.15, 0.2) is 71.6 Å². The molecule has 22 heavy (non-hydrogen) atoms. The molecule has 0 aliphatic heterocycles. The zero-order chi connectivity index (χ0) is 15.6. The van der Waals surface area contributed by atoms with Crippen molar-refractivity contribution in [1.82, 2.24) is 0 Å². The first kappa shape index (κ1) is 14.5. The Morgan fingerprint density at radius 2 is 1.55 bits per heavy atom. The Morgan fingerprint density at radius 3 is 2.23 bits per heavy atom. The lowest BCUT2D eigenvalue weighted by molar-refractivity contribution is -0.635. The maximum absolute atomic E-state index is 12.1. The van der Waals surface area contributed by atoms with Gasteiger partial charge in [0.2, 0.25) is 0 Å². The van der Waals surface area contributed by atoms with E-state index in [0.29, 0.717) is 11.1 Å². The lowest BCUT2D eigenvalue weighted by Gasteiger charge is -2.12. The van der Waals surface area contributed by atoms with Crippen molar-refractivity contribution in [3.8, 4) is 0 Å². The SMILES string of the molecule is [NH3+]OS(=O)(=O)c1cccc2cccc(Nc3ccccc3)c12. The van der Waals surface area contributed by atoms with E-state index in [-0.39, 0.29) is 4.90 Å². The number of para-hydroxylation sites is 1. The number of fused-ring (bicyclic) bond motifs is 1. The van der Waals surface area contributed by atoms with Crippen molar-refractivity contribution in [2.75, 3.05) is 5.32 Å². The van der Waals surface area contributed by atoms with E-state index in [1.54, 1.807) is 6.07 Å². The normalized spacial score (nSPS) is 11.5. The van der Waals surface area contributed by atoms with Gasteiger partial charge in [-0.3, -0.25) is 0 Å². The summed E-state index contributed by atoms with van der Waals surface area (Å²) in [5.74, 6) is 3.05. The quantitative estimate of drug-likeness (QED) is 0.724. The zero-order valence-electron chi connectivity index (χ0n) is 11.7. The van der Waals surface area contributed by atoms with E-state index in [9.17, 15) is 8.42 Å². The lowest BCUT2D eigenvalue weighted by atomic mass is 10.1. The molecule has 5 nitrogen and oxygen atoms in total. The summed E-state index contributed by atoms with van der Waals surface area (Å²) >= 11 is 0. The van der Waals surface area contributed by atoms with Crippen LogP contribution in [0.1, 0.15) is 0 Å². The molecule has 0 spiro atoms. The summed E-state index contributed by atoms with van der Waals surface area (Å²) in [6.07, 6.45) is 0. The van der Waals surface area contributed by atoms with Gasteiger partial charge >= 0.3 is 10.1 Å². The minimum Gasteiger partial charge on any atom is -0.355 e. The largest absolute Gasteiger partial charge is 0.355 e. The molecule has 0 heterocycles. The van der Waals surface area contributed by atoms with E-state index >= 15 is 0 Å². The monoisotopic (exact) mass is 315 g/mol. The lowest BCUT2D eigenvalue weighted by Crippen LogP contribution is -2.51. The minimum atomic E-state index is -3.89. The van der Waals surface area contributed by atoms with Gasteiger partial charge in [0.05, 0.1) is 0 Å². The Labute approximate surface area is 128 Å². The van der Waals surface area contributed by atoms with Gasteiger partial charge in [0.1, 0.15) is 4.90 Å². The van der Waals surface area contributed by atoms with Gasteiger partial charge in [0.15, 0.2) is 0 Å². The van der Waals surface area contributed by atoms with E-state index in [0.717, 1.165) is 11.1 Å². The van der Waals surface area contributed by atoms with Gasteiger partial charge in [-0.15, -0.1) is 0 Å². The average molecular weight is 315 g/mol. The summed E-state index contributed by atoms with van der Waals surface area (Å²) in [7, 11) is -3.89. The van der Waals surface area contributed by atoms with Gasteiger partial charge in [-0.05, 0) is 29.7 Å². The fraction of sp³-hybridized carbons (Fsp3) is 0. The van der Waals surface area contributed by atoms with Crippen LogP contribution in [0.2, 0.25) is 0 Å². The van der Waals surface area contributed by atoms with Crippen molar-refractivity contribution in [2.24, 2.45) is 0 Å². The van der Waals surface area contributed by atoms with Gasteiger partial charge in [-0.25, -0.2) is 0 Å². The van der Waals surface area contributed by atoms with Crippen molar-refractivity contribution < 1.29 is 18.6 Å². The third kappa shape index (κ3) is 2.67. The Bertz CT molecular complexity index is 904. The Hall–Kier alpha value is -2.41. The predicted molar refractivity (Wildman–Crippen MR) is 84.8 cm³/mol. The van der Waals surface area contributed by atoms with Crippen molar-refractivity contribution in [3.05, 3.63) is 66.7 Å². The second kappa shape index (κ2) is 5.76. The number of anilines is 2. The van der Waals surface area contributed by atoms with Crippen LogP contribution in [0, 0.1) is 0 Å². The van der Waals surface area contributed by atoms with Gasteiger partial charge in [-0.1, -0.05) is 46.7 Å². The number of nitrogens with one attached hydrogen (secondary N) is 1. The van der Waals surface area contributed by atoms with Gasteiger partial charge in [-0.2, -0.15) is 14.3 Å². The first-order valence-corrected chi connectivity index (χ1v) is 8.05. The average Bonchev–Trinajstić information content (AvgIpc) is 2.55. The molecular formula is C16H15N2O3S+. The highest BCUT2D eigenvalue weighted by atomic mass is 32.2. The highest BCUT2D eigenvalue weighted by molar-refractivity contribution is 7.86. The molecule has 0 fully saturated rings. The van der Waals surface area contributed by atoms with E-state index < -0.39 is 10.1 Å². The van der Waals surface area contributed by atoms with Crippen molar-refractivity contribution in [2.45, 2.75) is 4.90 Å². The van der Waals surface area contributed by atoms with Gasteiger partial charge < -0.3 is 5.32 Å². The zero-order valence-corrected chi connectivity index (χ0v) is 12.5. The molecule has 0 aromatic heterocycles. The number of benzene rings is 3. The Balaban J connectivity index is 2.23. The number of hydrogen-bond acceptors (Lipinski definition) is 4. The third-order valence-corrected chi connectivity index (χ3v) is 4.53. The maximum atomic E-state index is 12.1. The topological polar surface area (TPSA) is 83.0 Å². The van der Waals surface area contributed by atoms with Crippen LogP contribution in [0.3, 0.4) is 0 Å². The molecule has 6 heteroatoms. The molecule has 0 aliphatic rings. The van der Waals surface area contributed by atoms with Gasteiger partial charge in [0, 0.05) is 16.8 Å². The molecule has 0 unspecified atom stereocenters. The van der Waals surface area contributed by atoms with Crippen LogP contribution in [-0.4, -0.2) is 8.42 Å². The molecule has 0 aliphatic carbocycles. The molecule has 4 N–H and O–H groups in total. The van der Waals surface area contributed by atoms with Crippen LogP contribution < -0.4 is 11.2 Å². The highest BCUT2D eigenvalue weighted by Crippen LogP contribution is 2.32. The summed E-state index contributed by atoms with van der Waals surface area (Å²) in [6, 6.07) is 20.2. The molecule has 0 saturated heterocycles. The smallest absolute Gasteiger partial charge is 0.343 e. The number of quaternary nitrogens is 1. The Kier molecular flexibility index (Phi) is 3.81. The van der Waals surface area contributed by atoms with E-state index in [2.05, 4.69) is 15.5 Å². The molecule has 112 valence electrons. The minimum absolute atomic E-state index is 0.0963. The second-order valence-electron chi connectivity index (χ2n) is 4.72. The summed E-state index contributed by atoms with van der Waals surface area (Å²) in [5, 5.41) is 4.63. The molecule has 0 saturated carbocycles. The van der Waals surface area contributed by atoms with Crippen LogP contribution in [0.25, 0.3) is 10.8 Å². The summed E-state index contributed by atoms with van der Waals surface area (Å²) in [5.41, 5.74) is 1.57. The fourth-order valence-corrected chi connectivity index (χ4v) is 3.21. The molecule has 0 radical (unpaired) electrons. The third-order valence-electron chi connectivity index (χ3n) is 3.34. The highest BCUT2D eigenvalue weighted by Gasteiger charge is 2.21. The van der Waals surface area contributed by atoms with E-state index in [1.807, 2.05) is 54.6 Å². The fourth-order valence-electron chi connectivity index (χ4n) is 2.36. The standard InChI is InChI=1S/C16H15N2O3S/c17-21-22(19,20)15-11-5-7-12-6-4-10-14(16(12)15)18-13-8-2-1-3-9-13/h1-11,18H,17H3/q+1. The van der Waals surface area contributed by atoms with E-state index in [4.69, 9.17) is 0 Å². The molecule has 3 aromatic rings. The number of rotatable bonds is 4. The van der Waals surface area contributed by atoms with Crippen molar-refractivity contribution >= 4 is 32.3 Å². The molecule has 0 bridgehead atoms. The molecule has 0 atom stereocenters. The summed E-state index contributed by atoms with van der Waals surface area (Å²) in [4.78, 5) is 0.0963. The van der Waals surface area contributed by atoms with E-state index in [1.165, 1.54) is 6.07 Å². The first-order chi connectivity index (χ1) is 10.6. The number of hydrogen-bond donors (Lipinski definition) is 2. The predicted octanol–water partition coefficient (Wildman–Crippen LogP) is 2.45. The van der Waals surface area contributed by atoms with Crippen LogP contribution >= 0.6 is 0 Å². The van der Waals surface area contributed by atoms with Crippen molar-refractivity contribution in [3.63, 3.8) is 0 Å². The molecule has 0 amide bonds. The first-order valence-electron chi connectivity index (χ1n) is 6.64. The Morgan fingerprint density at radius 1 is 0.864 bits per heavy atom. The van der Waals surface area contributed by atoms with Crippen LogP contribution in [0.4, 0.5) is 11.4 Å². The summed E-state index contributed by atoms with van der Waals surface area (Å²) < 4.78 is 28.6. The molecule has 3 aromatic carbocycles. The van der Waals surface area contributed by atoms with Gasteiger partial charge in [0.25, 0.3) is 0 Å². The maximum Gasteiger partial charge on any atom is 0.343 e. The second-order valence-corrected chi connectivity index (χ2v) is 6.31. The van der Waals surface area contributed by atoms with Crippen LogP contribution in [-0.2, 0) is 14.4 Å².